The number of ether oxygens (including phenoxy) is 4. The molecule has 4 rings (SSSR count). The van der Waals surface area contributed by atoms with Gasteiger partial charge < -0.3 is 24.3 Å². The molecule has 1 aromatic heterocycles. The van der Waals surface area contributed by atoms with Crippen molar-refractivity contribution in [2.75, 3.05) is 26.1 Å². The summed E-state index contributed by atoms with van der Waals surface area (Å²) in [6.45, 7) is 0.249. The van der Waals surface area contributed by atoms with E-state index in [9.17, 15) is 4.79 Å². The van der Waals surface area contributed by atoms with Crippen LogP contribution in [0.4, 0.5) is 5.82 Å². The number of nitrogens with zero attached hydrogens (tertiary/aromatic N) is 2. The number of benzene rings is 3. The highest BCUT2D eigenvalue weighted by Crippen LogP contribution is 2.31. The maximum absolute atomic E-state index is 12.5. The zero-order chi connectivity index (χ0) is 23.8. The molecule has 1 N–H and O–H groups in total. The molecule has 0 aliphatic carbocycles. The van der Waals surface area contributed by atoms with Crippen molar-refractivity contribution in [3.05, 3.63) is 90.6 Å². The molecule has 0 atom stereocenters. The summed E-state index contributed by atoms with van der Waals surface area (Å²) in [6.07, 6.45) is 1.62. The third kappa shape index (κ3) is 5.66. The molecular weight excluding hydrogens is 434 g/mol. The van der Waals surface area contributed by atoms with Gasteiger partial charge in [-0.3, -0.25) is 4.79 Å². The molecule has 0 spiro atoms. The highest BCUT2D eigenvalue weighted by molar-refractivity contribution is 5.91. The number of nitrogens with one attached hydrogen (secondary N) is 1. The van der Waals surface area contributed by atoms with Crippen LogP contribution in [0.1, 0.15) is 5.56 Å². The number of amides is 1. The molecule has 34 heavy (non-hydrogen) atoms. The molecule has 0 saturated heterocycles. The number of para-hydroxylation sites is 2. The molecule has 0 aliphatic heterocycles. The van der Waals surface area contributed by atoms with Crippen molar-refractivity contribution >= 4 is 11.7 Å². The Labute approximate surface area is 197 Å². The van der Waals surface area contributed by atoms with Crippen LogP contribution in [0, 0.1) is 0 Å². The highest BCUT2D eigenvalue weighted by Gasteiger charge is 2.13. The van der Waals surface area contributed by atoms with Gasteiger partial charge in [-0.15, -0.1) is 0 Å². The van der Waals surface area contributed by atoms with E-state index in [-0.39, 0.29) is 12.5 Å². The number of carbonyl (C=O) groups excluding carboxylic acids is 1. The largest absolute Gasteiger partial charge is 0.493 e. The Morgan fingerprint density at radius 2 is 1.59 bits per heavy atom. The Morgan fingerprint density at radius 1 is 0.853 bits per heavy atom. The average molecular weight is 460 g/mol. The first-order chi connectivity index (χ1) is 16.7. The lowest BCUT2D eigenvalue weighted by Gasteiger charge is -2.14. The van der Waals surface area contributed by atoms with Crippen LogP contribution >= 0.6 is 0 Å². The highest BCUT2D eigenvalue weighted by atomic mass is 16.5. The summed E-state index contributed by atoms with van der Waals surface area (Å²) in [5.41, 5.74) is 0.870. The molecule has 4 aromatic rings. The van der Waals surface area contributed by atoms with Gasteiger partial charge in [-0.05, 0) is 42.5 Å². The molecule has 174 valence electrons. The Kier molecular flexibility index (Phi) is 7.29. The topological polar surface area (TPSA) is 83.8 Å². The first kappa shape index (κ1) is 22.7. The minimum Gasteiger partial charge on any atom is -0.493 e. The maximum atomic E-state index is 12.5. The van der Waals surface area contributed by atoms with E-state index in [4.69, 9.17) is 18.9 Å². The van der Waals surface area contributed by atoms with Crippen LogP contribution in [0.2, 0.25) is 0 Å². The summed E-state index contributed by atoms with van der Waals surface area (Å²) in [5.74, 6) is 3.49. The van der Waals surface area contributed by atoms with Crippen LogP contribution in [-0.4, -0.2) is 36.5 Å². The zero-order valence-electron chi connectivity index (χ0n) is 18.9. The minimum absolute atomic E-state index is 0.146. The van der Waals surface area contributed by atoms with Gasteiger partial charge in [-0.1, -0.05) is 30.3 Å². The normalized spacial score (nSPS) is 10.4. The fourth-order valence-corrected chi connectivity index (χ4v) is 3.36. The summed E-state index contributed by atoms with van der Waals surface area (Å²) in [5, 5.41) is 7.14. The third-order valence-electron chi connectivity index (χ3n) is 4.96. The van der Waals surface area contributed by atoms with Crippen LogP contribution in [0.25, 0.3) is 0 Å². The Balaban J connectivity index is 1.33. The number of carbonyl (C=O) groups is 1. The summed E-state index contributed by atoms with van der Waals surface area (Å²) in [6, 6.07) is 23.9. The lowest BCUT2D eigenvalue weighted by atomic mass is 10.2. The van der Waals surface area contributed by atoms with Crippen molar-refractivity contribution in [1.29, 1.82) is 0 Å². The van der Waals surface area contributed by atoms with E-state index in [1.165, 1.54) is 0 Å². The van der Waals surface area contributed by atoms with E-state index < -0.39 is 0 Å². The maximum Gasteiger partial charge on any atom is 0.263 e. The fraction of sp³-hybridized carbons (Fsp3) is 0.154. The lowest BCUT2D eigenvalue weighted by Crippen LogP contribution is -2.22. The Bertz CT molecular complexity index is 1220. The van der Waals surface area contributed by atoms with Crippen molar-refractivity contribution in [2.45, 2.75) is 6.54 Å². The van der Waals surface area contributed by atoms with E-state index in [0.29, 0.717) is 35.4 Å². The standard InChI is InChI=1S/C26H25N3O5/c1-31-23-10-6-7-19(26(23)32-2)17-29-24(15-16-27-29)28-25(30)18-33-20-11-13-22(14-12-20)34-21-8-4-3-5-9-21/h3-16H,17-18H2,1-2H3,(H,28,30). The second-order valence-corrected chi connectivity index (χ2v) is 7.25. The van der Waals surface area contributed by atoms with Gasteiger partial charge in [0.05, 0.1) is 27.0 Å². The molecule has 3 aromatic carbocycles. The van der Waals surface area contributed by atoms with Crippen molar-refractivity contribution in [3.8, 4) is 28.7 Å². The van der Waals surface area contributed by atoms with E-state index in [0.717, 1.165) is 11.3 Å². The number of methoxy groups -OCH3 is 2. The molecule has 0 aliphatic rings. The van der Waals surface area contributed by atoms with Crippen LogP contribution in [0.15, 0.2) is 85.1 Å². The molecule has 0 saturated carbocycles. The predicted octanol–water partition coefficient (Wildman–Crippen LogP) is 4.76. The Hall–Kier alpha value is -4.46. The van der Waals surface area contributed by atoms with E-state index in [1.54, 1.807) is 55.4 Å². The van der Waals surface area contributed by atoms with Crippen LogP contribution in [0.3, 0.4) is 0 Å². The van der Waals surface area contributed by atoms with E-state index in [1.807, 2.05) is 48.5 Å². The molecule has 0 unspecified atom stereocenters. The van der Waals surface area contributed by atoms with E-state index >= 15 is 0 Å². The molecule has 8 nitrogen and oxygen atoms in total. The monoisotopic (exact) mass is 459 g/mol. The predicted molar refractivity (Wildman–Crippen MR) is 128 cm³/mol. The van der Waals surface area contributed by atoms with Gasteiger partial charge in [0.2, 0.25) is 0 Å². The average Bonchev–Trinajstić information content (AvgIpc) is 3.30. The lowest BCUT2D eigenvalue weighted by molar-refractivity contribution is -0.118. The number of hydrogen-bond donors (Lipinski definition) is 1. The number of aromatic nitrogens is 2. The number of anilines is 1. The second kappa shape index (κ2) is 10.9. The molecule has 0 radical (unpaired) electrons. The molecule has 1 amide bonds. The summed E-state index contributed by atoms with van der Waals surface area (Å²) in [4.78, 5) is 12.5. The van der Waals surface area contributed by atoms with Crippen LogP contribution in [0.5, 0.6) is 28.7 Å². The number of rotatable bonds is 10. The summed E-state index contributed by atoms with van der Waals surface area (Å²) in [7, 11) is 3.18. The zero-order valence-corrected chi connectivity index (χ0v) is 18.9. The molecular formula is C26H25N3O5. The molecule has 8 heteroatoms. The smallest absolute Gasteiger partial charge is 0.263 e. The van der Waals surface area contributed by atoms with Gasteiger partial charge in [0.15, 0.2) is 18.1 Å². The SMILES string of the molecule is COc1cccc(Cn2nccc2NC(=O)COc2ccc(Oc3ccccc3)cc2)c1OC. The van der Waals surface area contributed by atoms with Gasteiger partial charge >= 0.3 is 0 Å². The summed E-state index contributed by atoms with van der Waals surface area (Å²) >= 11 is 0. The summed E-state index contributed by atoms with van der Waals surface area (Å²) < 4.78 is 23.9. The Morgan fingerprint density at radius 3 is 2.32 bits per heavy atom. The molecule has 1 heterocycles. The number of hydrogen-bond acceptors (Lipinski definition) is 6. The first-order valence-corrected chi connectivity index (χ1v) is 10.6. The molecule has 0 fully saturated rings. The minimum atomic E-state index is -0.302. The van der Waals surface area contributed by atoms with Crippen molar-refractivity contribution in [2.24, 2.45) is 0 Å². The van der Waals surface area contributed by atoms with Gasteiger partial charge in [0, 0.05) is 11.6 Å². The van der Waals surface area contributed by atoms with Crippen molar-refractivity contribution in [1.82, 2.24) is 9.78 Å². The third-order valence-corrected chi connectivity index (χ3v) is 4.96. The van der Waals surface area contributed by atoms with Gasteiger partial charge in [-0.2, -0.15) is 5.10 Å². The fourth-order valence-electron chi connectivity index (χ4n) is 3.36. The van der Waals surface area contributed by atoms with Crippen LogP contribution < -0.4 is 24.3 Å². The van der Waals surface area contributed by atoms with Crippen molar-refractivity contribution < 1.29 is 23.7 Å². The van der Waals surface area contributed by atoms with Crippen LogP contribution in [-0.2, 0) is 11.3 Å². The van der Waals surface area contributed by atoms with E-state index in [2.05, 4.69) is 10.4 Å². The van der Waals surface area contributed by atoms with Gasteiger partial charge in [0.25, 0.3) is 5.91 Å². The quantitative estimate of drug-likeness (QED) is 0.368. The second-order valence-electron chi connectivity index (χ2n) is 7.25. The van der Waals surface area contributed by atoms with Gasteiger partial charge in [-0.25, -0.2) is 4.68 Å². The molecule has 0 bridgehead atoms. The van der Waals surface area contributed by atoms with Crippen molar-refractivity contribution in [3.63, 3.8) is 0 Å². The first-order valence-electron chi connectivity index (χ1n) is 10.6. The van der Waals surface area contributed by atoms with Gasteiger partial charge in [0.1, 0.15) is 23.1 Å².